The Bertz CT molecular complexity index is 219. The molecule has 0 fully saturated rings. The van der Waals surface area contributed by atoms with Crippen molar-refractivity contribution in [2.45, 2.75) is 77.9 Å². The van der Waals surface area contributed by atoms with Crippen LogP contribution >= 0.6 is 0 Å². The van der Waals surface area contributed by atoms with Crippen molar-refractivity contribution in [3.05, 3.63) is 0 Å². The highest BCUT2D eigenvalue weighted by Crippen LogP contribution is 2.21. The van der Waals surface area contributed by atoms with Crippen molar-refractivity contribution in [1.29, 1.82) is 0 Å². The van der Waals surface area contributed by atoms with Gasteiger partial charge in [-0.2, -0.15) is 0 Å². The van der Waals surface area contributed by atoms with Gasteiger partial charge in [0.1, 0.15) is 0 Å². The molecule has 0 aromatic carbocycles. The van der Waals surface area contributed by atoms with Crippen molar-refractivity contribution >= 4 is 8.32 Å². The number of hydrogen-bond donors (Lipinski definition) is 0. The minimum absolute atomic E-state index is 0.985. The largest absolute Gasteiger partial charge is 0.417 e. The molecular weight excluding hydrogens is 262 g/mol. The normalized spacial score (nSPS) is 12.9. The predicted octanol–water partition coefficient (Wildman–Crippen LogP) is 5.06. The molecule has 0 saturated heterocycles. The summed E-state index contributed by atoms with van der Waals surface area (Å²) in [5, 5.41) is 0. The molecule has 0 amide bonds. The van der Waals surface area contributed by atoms with Crippen LogP contribution < -0.4 is 0 Å². The van der Waals surface area contributed by atoms with E-state index in [0.717, 1.165) is 11.1 Å². The van der Waals surface area contributed by atoms with Gasteiger partial charge in [-0.05, 0) is 31.0 Å². The van der Waals surface area contributed by atoms with E-state index in [9.17, 15) is 0 Å². The van der Waals surface area contributed by atoms with Gasteiger partial charge in [-0.3, -0.25) is 0 Å². The summed E-state index contributed by atoms with van der Waals surface area (Å²) in [4.78, 5) is 0. The second-order valence-corrected chi connectivity index (χ2v) is 11.7. The molecule has 2 nitrogen and oxygen atoms in total. The SMILES string of the molecule is CCCCCC[N+](C)(C)CCCO[Si](CC)(CC)CC. The lowest BCUT2D eigenvalue weighted by Crippen LogP contribution is -2.42. The fourth-order valence-electron chi connectivity index (χ4n) is 2.92. The Morgan fingerprint density at radius 1 is 0.750 bits per heavy atom. The Morgan fingerprint density at radius 3 is 1.80 bits per heavy atom. The summed E-state index contributed by atoms with van der Waals surface area (Å²) in [6.07, 6.45) is 6.71. The second kappa shape index (κ2) is 10.8. The van der Waals surface area contributed by atoms with Gasteiger partial charge >= 0.3 is 0 Å². The van der Waals surface area contributed by atoms with E-state index >= 15 is 0 Å². The number of hydrogen-bond acceptors (Lipinski definition) is 1. The molecule has 0 aliphatic carbocycles. The lowest BCUT2D eigenvalue weighted by Gasteiger charge is -2.32. The minimum atomic E-state index is -1.36. The summed E-state index contributed by atoms with van der Waals surface area (Å²) in [6, 6.07) is 3.82. The quantitative estimate of drug-likeness (QED) is 0.263. The third-order valence-electron chi connectivity index (χ3n) is 4.87. The topological polar surface area (TPSA) is 9.23 Å². The first-order valence-corrected chi connectivity index (χ1v) is 11.4. The molecule has 0 saturated carbocycles. The van der Waals surface area contributed by atoms with Crippen LogP contribution in [0.2, 0.25) is 18.1 Å². The van der Waals surface area contributed by atoms with Gasteiger partial charge in [0.25, 0.3) is 0 Å². The average molecular weight is 303 g/mol. The van der Waals surface area contributed by atoms with Gasteiger partial charge in [0.2, 0.25) is 0 Å². The highest BCUT2D eigenvalue weighted by molar-refractivity contribution is 6.73. The highest BCUT2D eigenvalue weighted by atomic mass is 28.4. The summed E-state index contributed by atoms with van der Waals surface area (Å²) < 4.78 is 7.50. The van der Waals surface area contributed by atoms with Crippen LogP contribution in [0.3, 0.4) is 0 Å². The van der Waals surface area contributed by atoms with Crippen molar-refractivity contribution in [3.63, 3.8) is 0 Å². The fourth-order valence-corrected chi connectivity index (χ4v) is 5.61. The van der Waals surface area contributed by atoms with Crippen LogP contribution in [0.1, 0.15) is 59.8 Å². The first kappa shape index (κ1) is 20.1. The van der Waals surface area contributed by atoms with Gasteiger partial charge in [0.05, 0.1) is 27.2 Å². The van der Waals surface area contributed by atoms with E-state index < -0.39 is 8.32 Å². The molecule has 0 aliphatic rings. The van der Waals surface area contributed by atoms with Crippen LogP contribution in [0.5, 0.6) is 0 Å². The Hall–Kier alpha value is 0.137. The Balaban J connectivity index is 3.86. The average Bonchev–Trinajstić information content (AvgIpc) is 2.45. The standard InChI is InChI=1S/C17H40NOSi/c1-7-11-12-13-15-18(5,6)16-14-17-19-20(8-2,9-3)10-4/h7-17H2,1-6H3/q+1. The van der Waals surface area contributed by atoms with Crippen molar-refractivity contribution in [1.82, 2.24) is 0 Å². The summed E-state index contributed by atoms with van der Waals surface area (Å²) >= 11 is 0. The molecule has 0 N–H and O–H groups in total. The van der Waals surface area contributed by atoms with Gasteiger partial charge in [-0.1, -0.05) is 40.5 Å². The monoisotopic (exact) mass is 302 g/mol. The zero-order valence-corrected chi connectivity index (χ0v) is 16.1. The molecule has 0 heterocycles. The third kappa shape index (κ3) is 8.43. The van der Waals surface area contributed by atoms with Crippen LogP contribution in [0.15, 0.2) is 0 Å². The van der Waals surface area contributed by atoms with Crippen molar-refractivity contribution < 1.29 is 8.91 Å². The van der Waals surface area contributed by atoms with E-state index in [2.05, 4.69) is 41.8 Å². The number of quaternary nitrogens is 1. The van der Waals surface area contributed by atoms with Crippen molar-refractivity contribution in [3.8, 4) is 0 Å². The summed E-state index contributed by atoms with van der Waals surface area (Å²) in [5.41, 5.74) is 0. The minimum Gasteiger partial charge on any atom is -0.417 e. The fraction of sp³-hybridized carbons (Fsp3) is 1.00. The van der Waals surface area contributed by atoms with E-state index in [1.165, 1.54) is 63.3 Å². The van der Waals surface area contributed by atoms with E-state index in [0.29, 0.717) is 0 Å². The molecule has 0 aromatic rings. The molecule has 122 valence electrons. The van der Waals surface area contributed by atoms with Crippen LogP contribution in [-0.2, 0) is 4.43 Å². The van der Waals surface area contributed by atoms with E-state index in [4.69, 9.17) is 4.43 Å². The molecule has 0 atom stereocenters. The summed E-state index contributed by atoms with van der Waals surface area (Å²) in [6.45, 7) is 12.8. The van der Waals surface area contributed by atoms with E-state index in [1.807, 2.05) is 0 Å². The molecule has 3 heteroatoms. The van der Waals surface area contributed by atoms with Crippen LogP contribution in [-0.4, -0.2) is 46.6 Å². The van der Waals surface area contributed by atoms with Crippen molar-refractivity contribution in [2.75, 3.05) is 33.8 Å². The van der Waals surface area contributed by atoms with Crippen molar-refractivity contribution in [2.24, 2.45) is 0 Å². The number of nitrogens with zero attached hydrogens (tertiary/aromatic N) is 1. The lowest BCUT2D eigenvalue weighted by molar-refractivity contribution is -0.890. The van der Waals surface area contributed by atoms with Gasteiger partial charge in [0.15, 0.2) is 8.32 Å². The van der Waals surface area contributed by atoms with Gasteiger partial charge in [-0.25, -0.2) is 0 Å². The second-order valence-electron chi connectivity index (χ2n) is 6.89. The molecule has 0 radical (unpaired) electrons. The van der Waals surface area contributed by atoms with Crippen LogP contribution in [0, 0.1) is 0 Å². The van der Waals surface area contributed by atoms with Crippen LogP contribution in [0.25, 0.3) is 0 Å². The van der Waals surface area contributed by atoms with Gasteiger partial charge in [-0.15, -0.1) is 0 Å². The molecular formula is C17H40NOSi+. The number of unbranched alkanes of at least 4 members (excludes halogenated alkanes) is 3. The summed E-state index contributed by atoms with van der Waals surface area (Å²) in [5.74, 6) is 0. The van der Waals surface area contributed by atoms with E-state index in [1.54, 1.807) is 0 Å². The van der Waals surface area contributed by atoms with Gasteiger partial charge in [0, 0.05) is 13.0 Å². The zero-order chi connectivity index (χ0) is 15.5. The zero-order valence-electron chi connectivity index (χ0n) is 15.1. The maximum atomic E-state index is 6.34. The maximum absolute atomic E-state index is 6.34. The smallest absolute Gasteiger partial charge is 0.191 e. The first-order chi connectivity index (χ1) is 9.45. The van der Waals surface area contributed by atoms with Crippen LogP contribution in [0.4, 0.5) is 0 Å². The molecule has 0 bridgehead atoms. The Kier molecular flexibility index (Phi) is 10.9. The Morgan fingerprint density at radius 2 is 1.30 bits per heavy atom. The molecule has 0 rings (SSSR count). The molecule has 0 unspecified atom stereocenters. The Labute approximate surface area is 129 Å². The molecule has 0 aliphatic heterocycles. The summed E-state index contributed by atoms with van der Waals surface area (Å²) in [7, 11) is 3.39. The third-order valence-corrected chi connectivity index (χ3v) is 9.55. The molecule has 20 heavy (non-hydrogen) atoms. The molecule has 0 spiro atoms. The first-order valence-electron chi connectivity index (χ1n) is 8.91. The number of rotatable bonds is 13. The van der Waals surface area contributed by atoms with Gasteiger partial charge < -0.3 is 8.91 Å². The predicted molar refractivity (Wildman–Crippen MR) is 93.8 cm³/mol. The van der Waals surface area contributed by atoms with E-state index in [-0.39, 0.29) is 0 Å². The maximum Gasteiger partial charge on any atom is 0.191 e. The highest BCUT2D eigenvalue weighted by Gasteiger charge is 2.28. The molecule has 0 aromatic heterocycles. The lowest BCUT2D eigenvalue weighted by atomic mass is 10.2.